The van der Waals surface area contributed by atoms with Crippen molar-refractivity contribution in [2.75, 3.05) is 19.7 Å². The van der Waals surface area contributed by atoms with E-state index in [-0.39, 0.29) is 19.1 Å². The van der Waals surface area contributed by atoms with Gasteiger partial charge in [-0.1, -0.05) is 18.2 Å². The minimum absolute atomic E-state index is 0.0945. The Kier molecular flexibility index (Phi) is 5.57. The van der Waals surface area contributed by atoms with Crippen LogP contribution in [0.3, 0.4) is 0 Å². The van der Waals surface area contributed by atoms with Crippen molar-refractivity contribution in [3.8, 4) is 0 Å². The fraction of sp³-hybridized carbons (Fsp3) is 0.421. The van der Waals surface area contributed by atoms with Crippen molar-refractivity contribution in [1.82, 2.24) is 15.2 Å². The summed E-state index contributed by atoms with van der Waals surface area (Å²) >= 11 is 0. The monoisotopic (exact) mass is 373 g/mol. The second kappa shape index (κ2) is 7.89. The van der Waals surface area contributed by atoms with Crippen LogP contribution in [0.15, 0.2) is 24.3 Å². The number of carboxylic acids is 1. The van der Waals surface area contributed by atoms with Crippen LogP contribution < -0.4 is 10.6 Å². The van der Waals surface area contributed by atoms with Crippen molar-refractivity contribution in [3.05, 3.63) is 35.5 Å². The zero-order valence-electron chi connectivity index (χ0n) is 15.3. The summed E-state index contributed by atoms with van der Waals surface area (Å²) in [7, 11) is 0. The van der Waals surface area contributed by atoms with Gasteiger partial charge in [-0.15, -0.1) is 0 Å². The third kappa shape index (κ3) is 3.58. The van der Waals surface area contributed by atoms with Gasteiger partial charge in [0, 0.05) is 11.9 Å². The van der Waals surface area contributed by atoms with E-state index in [1.165, 1.54) is 4.57 Å². The van der Waals surface area contributed by atoms with Crippen LogP contribution in [0.2, 0.25) is 0 Å². The molecule has 0 bridgehead atoms. The van der Waals surface area contributed by atoms with Crippen LogP contribution in [0.5, 0.6) is 0 Å². The van der Waals surface area contributed by atoms with Gasteiger partial charge in [-0.05, 0) is 31.9 Å². The van der Waals surface area contributed by atoms with Crippen LogP contribution in [0.1, 0.15) is 35.9 Å². The molecule has 8 heteroatoms. The first-order valence-electron chi connectivity index (χ1n) is 8.97. The van der Waals surface area contributed by atoms with E-state index in [0.29, 0.717) is 24.2 Å². The van der Waals surface area contributed by atoms with Crippen LogP contribution in [-0.2, 0) is 20.7 Å². The Morgan fingerprint density at radius 1 is 1.37 bits per heavy atom. The summed E-state index contributed by atoms with van der Waals surface area (Å²) in [5.74, 6) is -1.78. The third-order valence-electron chi connectivity index (χ3n) is 4.71. The number of benzene rings is 1. The number of hydrogen-bond acceptors (Lipinski definition) is 6. The van der Waals surface area contributed by atoms with Crippen molar-refractivity contribution in [2.45, 2.75) is 32.4 Å². The number of carbonyl (C=O) groups is 3. The van der Waals surface area contributed by atoms with Crippen LogP contribution in [-0.4, -0.2) is 53.3 Å². The Morgan fingerprint density at radius 2 is 2.11 bits per heavy atom. The van der Waals surface area contributed by atoms with Crippen molar-refractivity contribution in [1.29, 1.82) is 0 Å². The van der Waals surface area contributed by atoms with Gasteiger partial charge in [-0.25, -0.2) is 0 Å². The van der Waals surface area contributed by atoms with Crippen molar-refractivity contribution in [2.24, 2.45) is 0 Å². The Hall–Kier alpha value is -2.71. The number of hydrogen-bond donors (Lipinski definition) is 3. The maximum atomic E-state index is 13.2. The first-order chi connectivity index (χ1) is 13.0. The molecule has 0 saturated heterocycles. The van der Waals surface area contributed by atoms with Crippen LogP contribution in [0, 0.1) is 0 Å². The van der Waals surface area contributed by atoms with Gasteiger partial charge in [0.1, 0.15) is 6.04 Å². The summed E-state index contributed by atoms with van der Waals surface area (Å²) in [6, 6.07) is 5.75. The van der Waals surface area contributed by atoms with Gasteiger partial charge in [0.05, 0.1) is 30.4 Å². The maximum Gasteiger partial charge on any atom is 0.326 e. The first-order valence-corrected chi connectivity index (χ1v) is 8.97. The lowest BCUT2D eigenvalue weighted by molar-refractivity contribution is -0.142. The fourth-order valence-corrected chi connectivity index (χ4v) is 3.50. The highest BCUT2D eigenvalue weighted by Crippen LogP contribution is 2.33. The second-order valence-corrected chi connectivity index (χ2v) is 6.44. The number of fused-ring (bicyclic) bond motifs is 3. The quantitative estimate of drug-likeness (QED) is 0.650. The highest BCUT2D eigenvalue weighted by Gasteiger charge is 2.34. The molecule has 0 radical (unpaired) electrons. The topological polar surface area (TPSA) is 110 Å². The SMILES string of the molecule is CCOC(=O)CN[C@@H](C)C(=O)n1c2c(c3ccccc31)CCNC2C(=O)O. The van der Waals surface area contributed by atoms with Gasteiger partial charge in [-0.2, -0.15) is 0 Å². The molecule has 1 aliphatic rings. The molecule has 0 amide bonds. The van der Waals surface area contributed by atoms with Crippen LogP contribution in [0.25, 0.3) is 10.9 Å². The van der Waals surface area contributed by atoms with Gasteiger partial charge >= 0.3 is 11.9 Å². The molecule has 1 unspecified atom stereocenters. The number of aliphatic carboxylic acids is 1. The minimum Gasteiger partial charge on any atom is -0.480 e. The summed E-state index contributed by atoms with van der Waals surface area (Å²) in [5.41, 5.74) is 2.01. The zero-order valence-corrected chi connectivity index (χ0v) is 15.3. The molecule has 2 heterocycles. The average Bonchev–Trinajstić information content (AvgIpc) is 3.00. The van der Waals surface area contributed by atoms with Gasteiger partial charge < -0.3 is 9.84 Å². The highest BCUT2D eigenvalue weighted by atomic mass is 16.5. The minimum atomic E-state index is -1.03. The number of para-hydroxylation sites is 1. The summed E-state index contributed by atoms with van der Waals surface area (Å²) in [6.07, 6.45) is 0.643. The highest BCUT2D eigenvalue weighted by molar-refractivity contribution is 5.99. The number of carboxylic acid groups (broad SMARTS) is 1. The Bertz CT molecular complexity index is 889. The third-order valence-corrected chi connectivity index (χ3v) is 4.71. The van der Waals surface area contributed by atoms with E-state index in [4.69, 9.17) is 4.74 Å². The van der Waals surface area contributed by atoms with Gasteiger partial charge in [-0.3, -0.25) is 29.6 Å². The average molecular weight is 373 g/mol. The number of nitrogens with zero attached hydrogens (tertiary/aromatic N) is 1. The molecule has 1 aromatic heterocycles. The normalized spacial score (nSPS) is 17.3. The van der Waals surface area contributed by atoms with Crippen molar-refractivity contribution in [3.63, 3.8) is 0 Å². The number of rotatable bonds is 6. The lowest BCUT2D eigenvalue weighted by Gasteiger charge is -2.24. The molecule has 1 aromatic carbocycles. The molecule has 0 aliphatic carbocycles. The fourth-order valence-electron chi connectivity index (χ4n) is 3.50. The maximum absolute atomic E-state index is 13.2. The molecule has 0 fully saturated rings. The number of aromatic nitrogens is 1. The molecule has 2 atom stereocenters. The van der Waals surface area contributed by atoms with E-state index in [2.05, 4.69) is 10.6 Å². The van der Waals surface area contributed by atoms with E-state index < -0.39 is 24.0 Å². The van der Waals surface area contributed by atoms with Gasteiger partial charge in [0.25, 0.3) is 0 Å². The first kappa shape index (κ1) is 19.1. The standard InChI is InChI=1S/C19H23N3O5/c1-3-27-15(23)10-21-11(2)18(24)22-14-7-5-4-6-12(14)13-8-9-20-16(17(13)22)19(25)26/h4-7,11,16,20-21H,3,8-10H2,1-2H3,(H,25,26)/t11-,16?/m0/s1. The van der Waals surface area contributed by atoms with E-state index in [1.807, 2.05) is 24.3 Å². The van der Waals surface area contributed by atoms with Gasteiger partial charge in [0.15, 0.2) is 0 Å². The largest absolute Gasteiger partial charge is 0.480 e. The molecule has 27 heavy (non-hydrogen) atoms. The van der Waals surface area contributed by atoms with E-state index in [9.17, 15) is 19.5 Å². The molecule has 0 spiro atoms. The number of ether oxygens (including phenoxy) is 1. The number of carbonyl (C=O) groups excluding carboxylic acids is 2. The summed E-state index contributed by atoms with van der Waals surface area (Å²) in [6.45, 7) is 4.06. The smallest absolute Gasteiger partial charge is 0.326 e. The molecule has 0 saturated carbocycles. The Morgan fingerprint density at radius 3 is 2.81 bits per heavy atom. The molecule has 2 aromatic rings. The molecule has 3 N–H and O–H groups in total. The molecule has 144 valence electrons. The Balaban J connectivity index is 2.00. The summed E-state index contributed by atoms with van der Waals surface area (Å²) in [5, 5.41) is 16.3. The van der Waals surface area contributed by atoms with E-state index >= 15 is 0 Å². The van der Waals surface area contributed by atoms with Crippen molar-refractivity contribution >= 4 is 28.7 Å². The molecule has 3 rings (SSSR count). The lowest BCUT2D eigenvalue weighted by atomic mass is 9.99. The molecule has 1 aliphatic heterocycles. The van der Waals surface area contributed by atoms with E-state index in [1.54, 1.807) is 13.8 Å². The zero-order chi connectivity index (χ0) is 19.6. The van der Waals surface area contributed by atoms with E-state index in [0.717, 1.165) is 10.9 Å². The Labute approximate surface area is 156 Å². The van der Waals surface area contributed by atoms with Crippen LogP contribution in [0.4, 0.5) is 0 Å². The summed E-state index contributed by atoms with van der Waals surface area (Å²) in [4.78, 5) is 36.5. The second-order valence-electron chi connectivity index (χ2n) is 6.44. The van der Waals surface area contributed by atoms with Gasteiger partial charge in [0.2, 0.25) is 5.91 Å². The lowest BCUT2D eigenvalue weighted by Crippen LogP contribution is -2.43. The van der Waals surface area contributed by atoms with Crippen LogP contribution >= 0.6 is 0 Å². The molecule has 8 nitrogen and oxygen atoms in total. The predicted molar refractivity (Wildman–Crippen MR) is 98.7 cm³/mol. The number of nitrogens with one attached hydrogen (secondary N) is 2. The molecular formula is C19H23N3O5. The molecular weight excluding hydrogens is 350 g/mol. The predicted octanol–water partition coefficient (Wildman–Crippen LogP) is 1.09. The van der Waals surface area contributed by atoms with Crippen molar-refractivity contribution < 1.29 is 24.2 Å². The summed E-state index contributed by atoms with van der Waals surface area (Å²) < 4.78 is 6.34. The number of esters is 1.